The first kappa shape index (κ1) is 17.4. The first-order valence-corrected chi connectivity index (χ1v) is 8.16. The molecule has 6 nitrogen and oxygen atoms in total. The summed E-state index contributed by atoms with van der Waals surface area (Å²) in [7, 11) is 0. The lowest BCUT2D eigenvalue weighted by atomic mass is 10.1. The van der Waals surface area contributed by atoms with Crippen LogP contribution in [-0.4, -0.2) is 17.0 Å². The summed E-state index contributed by atoms with van der Waals surface area (Å²) >= 11 is 0. The maximum Gasteiger partial charge on any atom is 0.256 e. The summed E-state index contributed by atoms with van der Waals surface area (Å²) in [5.74, 6) is 0.300. The molecule has 0 fully saturated rings. The maximum absolute atomic E-state index is 12.6. The van der Waals surface area contributed by atoms with Crippen LogP contribution in [0.15, 0.2) is 53.1 Å². The van der Waals surface area contributed by atoms with E-state index in [2.05, 4.69) is 15.8 Å². The van der Waals surface area contributed by atoms with E-state index in [-0.39, 0.29) is 11.8 Å². The number of carbonyl (C=O) groups is 2. The molecule has 3 rings (SSSR count). The van der Waals surface area contributed by atoms with E-state index in [0.717, 1.165) is 16.8 Å². The second-order valence-electron chi connectivity index (χ2n) is 6.08. The molecule has 1 aromatic heterocycles. The van der Waals surface area contributed by atoms with E-state index in [9.17, 15) is 9.59 Å². The van der Waals surface area contributed by atoms with Crippen molar-refractivity contribution in [3.63, 3.8) is 0 Å². The second-order valence-corrected chi connectivity index (χ2v) is 6.08. The Bertz CT molecular complexity index is 956. The molecule has 3 aromatic rings. The van der Waals surface area contributed by atoms with Crippen LogP contribution in [-0.2, 0) is 0 Å². The normalized spacial score (nSPS) is 10.4. The van der Waals surface area contributed by atoms with Crippen molar-refractivity contribution in [1.29, 1.82) is 0 Å². The predicted molar refractivity (Wildman–Crippen MR) is 99.5 cm³/mol. The molecule has 0 bridgehead atoms. The van der Waals surface area contributed by atoms with E-state index in [1.165, 1.54) is 0 Å². The molecule has 0 atom stereocenters. The second kappa shape index (κ2) is 7.23. The third kappa shape index (κ3) is 3.80. The topological polar surface area (TPSA) is 84.2 Å². The lowest BCUT2D eigenvalue weighted by molar-refractivity contribution is 0.102. The Morgan fingerprint density at radius 2 is 1.42 bits per heavy atom. The van der Waals surface area contributed by atoms with Crippen LogP contribution in [0.3, 0.4) is 0 Å². The predicted octanol–water partition coefficient (Wildman–Crippen LogP) is 4.10. The molecule has 0 aliphatic heterocycles. The Morgan fingerprint density at radius 1 is 0.846 bits per heavy atom. The van der Waals surface area contributed by atoms with Crippen molar-refractivity contribution in [3.8, 4) is 0 Å². The van der Waals surface area contributed by atoms with Gasteiger partial charge in [-0.1, -0.05) is 29.4 Å². The lowest BCUT2D eigenvalue weighted by Gasteiger charge is -2.12. The van der Waals surface area contributed by atoms with E-state index in [0.29, 0.717) is 22.7 Å². The van der Waals surface area contributed by atoms with Crippen LogP contribution in [0.1, 0.15) is 37.6 Å². The Hall–Kier alpha value is -3.41. The molecule has 6 heteroatoms. The number of anilines is 2. The third-order valence-corrected chi connectivity index (χ3v) is 3.98. The van der Waals surface area contributed by atoms with E-state index >= 15 is 0 Å². The molecule has 0 radical (unpaired) electrons. The molecule has 0 unspecified atom stereocenters. The first-order valence-electron chi connectivity index (χ1n) is 8.16. The van der Waals surface area contributed by atoms with Crippen molar-refractivity contribution in [1.82, 2.24) is 5.16 Å². The molecule has 0 aliphatic carbocycles. The zero-order chi connectivity index (χ0) is 18.7. The minimum atomic E-state index is -0.361. The molecule has 0 saturated heterocycles. The number of aryl methyl sites for hydroxylation is 3. The van der Waals surface area contributed by atoms with E-state index in [4.69, 9.17) is 4.52 Å². The highest BCUT2D eigenvalue weighted by Gasteiger charge is 2.13. The minimum absolute atomic E-state index is 0.269. The van der Waals surface area contributed by atoms with Crippen LogP contribution in [0, 0.1) is 20.8 Å². The van der Waals surface area contributed by atoms with Crippen molar-refractivity contribution in [2.45, 2.75) is 20.8 Å². The summed E-state index contributed by atoms with van der Waals surface area (Å²) in [4.78, 5) is 24.9. The van der Waals surface area contributed by atoms with Gasteiger partial charge < -0.3 is 15.2 Å². The zero-order valence-corrected chi connectivity index (χ0v) is 14.8. The zero-order valence-electron chi connectivity index (χ0n) is 14.8. The summed E-state index contributed by atoms with van der Waals surface area (Å²) in [6.45, 7) is 5.61. The van der Waals surface area contributed by atoms with Gasteiger partial charge in [-0.3, -0.25) is 9.59 Å². The van der Waals surface area contributed by atoms with Gasteiger partial charge in [-0.25, -0.2) is 0 Å². The van der Waals surface area contributed by atoms with E-state index in [1.54, 1.807) is 37.3 Å². The molecule has 2 N–H and O–H groups in total. The van der Waals surface area contributed by atoms with E-state index < -0.39 is 0 Å². The number of hydrogen-bond donors (Lipinski definition) is 2. The average molecular weight is 349 g/mol. The molecule has 0 spiro atoms. The monoisotopic (exact) mass is 349 g/mol. The van der Waals surface area contributed by atoms with Gasteiger partial charge in [-0.2, -0.15) is 0 Å². The quantitative estimate of drug-likeness (QED) is 0.742. The SMILES string of the molecule is Cc1cc(NC(=O)c2cccc(C(=O)Nc3c(C)cccc3C)c2)no1. The molecular weight excluding hydrogens is 330 g/mol. The van der Waals surface area contributed by atoms with Crippen LogP contribution >= 0.6 is 0 Å². The number of amides is 2. The number of para-hydroxylation sites is 1. The van der Waals surface area contributed by atoms with Crippen molar-refractivity contribution in [2.75, 3.05) is 10.6 Å². The van der Waals surface area contributed by atoms with Gasteiger partial charge in [0.25, 0.3) is 11.8 Å². The fourth-order valence-corrected chi connectivity index (χ4v) is 2.61. The molecule has 0 saturated carbocycles. The van der Waals surface area contributed by atoms with Crippen LogP contribution in [0.25, 0.3) is 0 Å². The fourth-order valence-electron chi connectivity index (χ4n) is 2.61. The van der Waals surface area contributed by atoms with Crippen LogP contribution in [0.2, 0.25) is 0 Å². The smallest absolute Gasteiger partial charge is 0.256 e. The highest BCUT2D eigenvalue weighted by molar-refractivity contribution is 6.08. The van der Waals surface area contributed by atoms with Crippen molar-refractivity contribution in [3.05, 3.63) is 76.5 Å². The summed E-state index contributed by atoms with van der Waals surface area (Å²) in [6.07, 6.45) is 0. The standard InChI is InChI=1S/C20H19N3O3/c1-12-6-4-7-13(2)18(12)22-20(25)16-9-5-8-15(11-16)19(24)21-17-10-14(3)26-23-17/h4-11H,1-3H3,(H,22,25)(H,21,23,24). The van der Waals surface area contributed by atoms with Crippen molar-refractivity contribution < 1.29 is 14.1 Å². The number of rotatable bonds is 4. The molecule has 2 aromatic carbocycles. The average Bonchev–Trinajstić information content (AvgIpc) is 3.03. The van der Waals surface area contributed by atoms with Crippen LogP contribution in [0.4, 0.5) is 11.5 Å². The largest absolute Gasteiger partial charge is 0.360 e. The molecule has 0 aliphatic rings. The number of benzene rings is 2. The minimum Gasteiger partial charge on any atom is -0.360 e. The maximum atomic E-state index is 12.6. The van der Waals surface area contributed by atoms with Gasteiger partial charge in [0.1, 0.15) is 5.76 Å². The van der Waals surface area contributed by atoms with Crippen LogP contribution < -0.4 is 10.6 Å². The lowest BCUT2D eigenvalue weighted by Crippen LogP contribution is -2.16. The first-order chi connectivity index (χ1) is 12.4. The highest BCUT2D eigenvalue weighted by Crippen LogP contribution is 2.20. The Balaban J connectivity index is 1.78. The van der Waals surface area contributed by atoms with Crippen LogP contribution in [0.5, 0.6) is 0 Å². The van der Waals surface area contributed by atoms with Gasteiger partial charge in [0.05, 0.1) is 0 Å². The molecule has 26 heavy (non-hydrogen) atoms. The van der Waals surface area contributed by atoms with Gasteiger partial charge in [-0.15, -0.1) is 0 Å². The number of nitrogens with zero attached hydrogens (tertiary/aromatic N) is 1. The number of carbonyl (C=O) groups excluding carboxylic acids is 2. The Labute approximate surface area is 151 Å². The van der Waals surface area contributed by atoms with Crippen molar-refractivity contribution in [2.24, 2.45) is 0 Å². The summed E-state index contributed by atoms with van der Waals surface area (Å²) < 4.78 is 4.92. The number of nitrogens with one attached hydrogen (secondary N) is 2. The summed E-state index contributed by atoms with van der Waals surface area (Å²) in [6, 6.07) is 14.0. The van der Waals surface area contributed by atoms with Gasteiger partial charge in [0.15, 0.2) is 5.82 Å². The summed E-state index contributed by atoms with van der Waals surface area (Å²) in [5.41, 5.74) is 3.50. The summed E-state index contributed by atoms with van der Waals surface area (Å²) in [5, 5.41) is 9.28. The fraction of sp³-hybridized carbons (Fsp3) is 0.150. The Morgan fingerprint density at radius 3 is 2.00 bits per heavy atom. The molecule has 2 amide bonds. The molecular formula is C20H19N3O3. The van der Waals surface area contributed by atoms with Gasteiger partial charge in [0, 0.05) is 22.9 Å². The highest BCUT2D eigenvalue weighted by atomic mass is 16.5. The van der Waals surface area contributed by atoms with Gasteiger partial charge >= 0.3 is 0 Å². The third-order valence-electron chi connectivity index (χ3n) is 3.98. The van der Waals surface area contributed by atoms with Crippen molar-refractivity contribution >= 4 is 23.3 Å². The number of hydrogen-bond acceptors (Lipinski definition) is 4. The van der Waals surface area contributed by atoms with Gasteiger partial charge in [-0.05, 0) is 50.1 Å². The molecule has 132 valence electrons. The van der Waals surface area contributed by atoms with Gasteiger partial charge in [0.2, 0.25) is 0 Å². The molecule has 1 heterocycles. The Kier molecular flexibility index (Phi) is 4.84. The van der Waals surface area contributed by atoms with E-state index in [1.807, 2.05) is 32.0 Å². The number of aromatic nitrogens is 1.